The van der Waals surface area contributed by atoms with Gasteiger partial charge in [-0.15, -0.1) is 0 Å². The minimum Gasteiger partial charge on any atom is -0.477 e. The first-order valence-corrected chi connectivity index (χ1v) is 33.1. The van der Waals surface area contributed by atoms with E-state index in [-0.39, 0.29) is 0 Å². The number of ether oxygens (including phenoxy) is 15. The maximum Gasteiger partial charge on any atom is 0.367 e. The van der Waals surface area contributed by atoms with E-state index in [1.165, 1.54) is 0 Å². The number of carboxylic acids is 2. The van der Waals surface area contributed by atoms with Crippen molar-refractivity contribution in [2.75, 3.05) is 52.9 Å². The van der Waals surface area contributed by atoms with Crippen LogP contribution < -0.4 is 5.32 Å². The fourth-order valence-electron chi connectivity index (χ4n) is 13.3. The molecule has 50 heteroatoms. The first-order valence-electron chi connectivity index (χ1n) is 33.1. The van der Waals surface area contributed by atoms with Crippen LogP contribution in [-0.2, 0) is 85.4 Å². The molecule has 0 aliphatic carbocycles. The number of amides is 1. The van der Waals surface area contributed by atoms with Crippen LogP contribution in [0.5, 0.6) is 0 Å². The molecule has 0 radical (unpaired) electrons. The van der Waals surface area contributed by atoms with Crippen LogP contribution in [0.1, 0.15) is 13.3 Å². The van der Waals surface area contributed by atoms with E-state index in [9.17, 15) is 173 Å². The second-order valence-electron chi connectivity index (χ2n) is 26.6. The highest BCUT2D eigenvalue weighted by Crippen LogP contribution is 2.44. The van der Waals surface area contributed by atoms with E-state index in [2.05, 4.69) is 5.32 Å². The lowest BCUT2D eigenvalue weighted by atomic mass is 9.88. The molecule has 0 spiro atoms. The Bertz CT molecular complexity index is 2810. The lowest BCUT2D eigenvalue weighted by Gasteiger charge is -2.53. The molecule has 8 fully saturated rings. The average molecular weight is 1580 g/mol. The number of nitrogens with one attached hydrogen (secondary N) is 1. The lowest BCUT2D eigenvalue weighted by Crippen LogP contribution is -2.73. The zero-order valence-corrected chi connectivity index (χ0v) is 55.8. The van der Waals surface area contributed by atoms with Gasteiger partial charge < -0.3 is 235 Å². The smallest absolute Gasteiger partial charge is 0.367 e. The van der Waals surface area contributed by atoms with Gasteiger partial charge in [0.15, 0.2) is 37.7 Å². The number of carboxylic acid groups (broad SMARTS) is 2. The normalized spacial score (nSPS) is 48.7. The standard InChI is InChI=1S/C57H95NO49/c1-11(65)58-21-25(74)22(71)18(6-62)95-48(21)102-44-35(84)39(16(70)10-94-50-33(82)28(77)29(78)38(98-50)15(69)9-93-49-32(81)26(75)23(72)19(7-63)96-49)99-52(36(44)85)103-45-37(86)53(100-41(13(67)4-60)46(45)104-51-34(83)27(76)24(73)20(8-64)97-51)101-43-17(2-56(92,54(88)89)106-42(43)14(68)5-61)105-57(55(90)91)47(87)31(80)30(79)40(107-57)12(66)3-59/h12-53,59-64,66-87,92H,2-10H2,1H3,(H,58,65)(H,88,89)(H,90,91)/t12-,13+,14-,15+,16+,17-,18-,19-,20-,21-,22-,23+,24-,25-,26+,27+,28+,29+,30-,31+,32-,33+,34-,35-,36+,37+,38-,39-,40-,41-,42-,43-,44+,45-,46-,47+,48+,49+,50+,51+,52-,53-,56-,57-/m1/s1. The molecule has 0 unspecified atom stereocenters. The maximum absolute atomic E-state index is 13.4. The molecule has 0 aromatic heterocycles. The summed E-state index contributed by atoms with van der Waals surface area (Å²) in [6, 6.07) is -1.97. The Morgan fingerprint density at radius 1 is 0.393 bits per heavy atom. The Kier molecular flexibility index (Phi) is 31.1. The Morgan fingerprint density at radius 2 is 0.785 bits per heavy atom. The number of rotatable bonds is 30. The highest BCUT2D eigenvalue weighted by Gasteiger charge is 2.67. The molecule has 8 aliphatic rings. The molecular formula is C57H95NO49. The zero-order valence-electron chi connectivity index (χ0n) is 55.8. The number of carbonyl (C=O) groups excluding carboxylic acids is 1. The lowest BCUT2D eigenvalue weighted by molar-refractivity contribution is -0.420. The van der Waals surface area contributed by atoms with Crippen molar-refractivity contribution in [2.24, 2.45) is 0 Å². The second-order valence-corrected chi connectivity index (χ2v) is 26.6. The fourth-order valence-corrected chi connectivity index (χ4v) is 13.3. The summed E-state index contributed by atoms with van der Waals surface area (Å²) in [5, 5.41) is 342. The molecule has 8 saturated heterocycles. The van der Waals surface area contributed by atoms with E-state index in [1.54, 1.807) is 0 Å². The molecule has 107 heavy (non-hydrogen) atoms. The summed E-state index contributed by atoms with van der Waals surface area (Å²) < 4.78 is 85.3. The van der Waals surface area contributed by atoms with E-state index in [4.69, 9.17) is 71.1 Å². The molecule has 622 valence electrons. The topological polar surface area (TPSA) is 829 Å². The van der Waals surface area contributed by atoms with Gasteiger partial charge in [-0.1, -0.05) is 0 Å². The third kappa shape index (κ3) is 18.6. The number of aliphatic hydroxyl groups is 29. The highest BCUT2D eigenvalue weighted by molar-refractivity contribution is 5.77. The molecule has 0 aromatic rings. The van der Waals surface area contributed by atoms with E-state index in [0.717, 1.165) is 6.92 Å². The van der Waals surface area contributed by atoms with Crippen molar-refractivity contribution in [3.63, 3.8) is 0 Å². The van der Waals surface area contributed by atoms with Crippen LogP contribution in [0.25, 0.3) is 0 Å². The maximum atomic E-state index is 13.4. The summed E-state index contributed by atoms with van der Waals surface area (Å²) in [4.78, 5) is 38.8. The van der Waals surface area contributed by atoms with Gasteiger partial charge in [-0.25, -0.2) is 9.59 Å². The van der Waals surface area contributed by atoms with Crippen LogP contribution in [0.3, 0.4) is 0 Å². The van der Waals surface area contributed by atoms with Crippen molar-refractivity contribution in [1.29, 1.82) is 0 Å². The van der Waals surface area contributed by atoms with Crippen molar-refractivity contribution in [3.05, 3.63) is 0 Å². The van der Waals surface area contributed by atoms with Crippen molar-refractivity contribution < 1.29 is 244 Å². The van der Waals surface area contributed by atoms with Crippen molar-refractivity contribution in [1.82, 2.24) is 5.32 Å². The van der Waals surface area contributed by atoms with E-state index in [0.29, 0.717) is 0 Å². The van der Waals surface area contributed by atoms with Gasteiger partial charge in [-0.05, 0) is 0 Å². The van der Waals surface area contributed by atoms with Gasteiger partial charge >= 0.3 is 11.9 Å². The highest BCUT2D eigenvalue weighted by atomic mass is 16.8. The third-order valence-electron chi connectivity index (χ3n) is 19.3. The number of hydrogen-bond acceptors (Lipinski definition) is 47. The summed E-state index contributed by atoms with van der Waals surface area (Å²) in [5.74, 6) is -13.6. The molecular weight excluding hydrogens is 1480 g/mol. The molecule has 1 amide bonds. The number of aliphatic carboxylic acids is 2. The minimum atomic E-state index is -3.96. The molecule has 0 saturated carbocycles. The van der Waals surface area contributed by atoms with Crippen molar-refractivity contribution in [3.8, 4) is 0 Å². The first-order chi connectivity index (χ1) is 50.2. The summed E-state index contributed by atoms with van der Waals surface area (Å²) in [6.45, 7) is -9.25. The van der Waals surface area contributed by atoms with Crippen LogP contribution in [-0.4, -0.2) is 498 Å². The summed E-state index contributed by atoms with van der Waals surface area (Å²) >= 11 is 0. The molecule has 50 nitrogen and oxygen atoms in total. The van der Waals surface area contributed by atoms with Crippen LogP contribution in [0, 0.1) is 0 Å². The predicted molar refractivity (Wildman–Crippen MR) is 318 cm³/mol. The Morgan fingerprint density at radius 3 is 1.29 bits per heavy atom. The Hall–Kier alpha value is -3.35. The number of hydrogen-bond donors (Lipinski definition) is 32. The fraction of sp³-hybridized carbons (Fsp3) is 0.947. The predicted octanol–water partition coefficient (Wildman–Crippen LogP) is -21.6. The molecule has 0 bridgehead atoms. The van der Waals surface area contributed by atoms with Crippen molar-refractivity contribution >= 4 is 17.8 Å². The average Bonchev–Trinajstić information content (AvgIpc) is 0.738. The summed E-state index contributed by atoms with van der Waals surface area (Å²) in [7, 11) is 0. The quantitative estimate of drug-likeness (QED) is 0.0318. The Balaban J connectivity index is 1.20. The zero-order chi connectivity index (χ0) is 79.7. The first kappa shape index (κ1) is 89.2. The molecule has 32 N–H and O–H groups in total. The summed E-state index contributed by atoms with van der Waals surface area (Å²) in [5.41, 5.74) is 0. The van der Waals surface area contributed by atoms with Crippen LogP contribution in [0.4, 0.5) is 0 Å². The molecule has 8 heterocycles. The van der Waals surface area contributed by atoms with Gasteiger partial charge in [0, 0.05) is 13.3 Å². The SMILES string of the molecule is CC(=O)N[C@H]1[C@H](O[C@@H]2[C@H](O)[C@@H](O[C@@H]3[C@H](O)[C@@H](O[C@H]4[C@@H]([C@H](O)CO)O[C@@](O)(C(=O)O)C[C@H]4O[C@@]4(C(=O)O)O[C@H]([C@H](O)CO)[C@H](O)[C@H](O)[C@@H]4O)O[C@H]([C@@H](O)CO)[C@H]3O[C@@H]3O[C@H](CO)[C@@H](O)[C@H](O)[C@H]3O)O[C@H]([C@@H](O)CO[C@H]3O[C@H]([C@@H](O)CO[C@H]4O[C@H](CO)[C@H](O)[C@H](O)[C@H]4O)[C@@H](O)[C@H](O)[C@@H]3O)[C@H]2O)O[C@H](CO)[C@@H](O)[C@@H]1O. The van der Waals surface area contributed by atoms with E-state index < -0.39 is 346 Å². The summed E-state index contributed by atoms with van der Waals surface area (Å²) in [6.07, 6.45) is -100. The van der Waals surface area contributed by atoms with Crippen LogP contribution in [0.15, 0.2) is 0 Å². The van der Waals surface area contributed by atoms with Crippen LogP contribution >= 0.6 is 0 Å². The monoisotopic (exact) mass is 1580 g/mol. The minimum absolute atomic E-state index is 0.885. The molecule has 44 atom stereocenters. The van der Waals surface area contributed by atoms with E-state index >= 15 is 0 Å². The van der Waals surface area contributed by atoms with Gasteiger partial charge in [0.25, 0.3) is 11.6 Å². The van der Waals surface area contributed by atoms with E-state index in [1.807, 2.05) is 0 Å². The van der Waals surface area contributed by atoms with Gasteiger partial charge in [-0.2, -0.15) is 0 Å². The Labute approximate surface area is 600 Å². The van der Waals surface area contributed by atoms with Gasteiger partial charge in [0.05, 0.1) is 59.0 Å². The van der Waals surface area contributed by atoms with Crippen molar-refractivity contribution in [2.45, 2.75) is 282 Å². The van der Waals surface area contributed by atoms with Crippen LogP contribution in [0.2, 0.25) is 0 Å². The largest absolute Gasteiger partial charge is 0.477 e. The molecule has 8 aliphatic heterocycles. The van der Waals surface area contributed by atoms with Gasteiger partial charge in [0.1, 0.15) is 214 Å². The van der Waals surface area contributed by atoms with Gasteiger partial charge in [-0.3, -0.25) is 4.79 Å². The second kappa shape index (κ2) is 37.3. The van der Waals surface area contributed by atoms with Gasteiger partial charge in [0.2, 0.25) is 5.91 Å². The molecule has 0 aromatic carbocycles. The molecule has 8 rings (SSSR count). The third-order valence-corrected chi connectivity index (χ3v) is 19.3. The number of aliphatic hydroxyl groups excluding tert-OH is 28. The number of carbonyl (C=O) groups is 3.